The van der Waals surface area contributed by atoms with Gasteiger partial charge in [-0.2, -0.15) is 8.78 Å². The zero-order chi connectivity index (χ0) is 15.2. The maximum Gasteiger partial charge on any atom is 0.387 e. The van der Waals surface area contributed by atoms with Crippen molar-refractivity contribution in [3.63, 3.8) is 0 Å². The van der Waals surface area contributed by atoms with Crippen LogP contribution in [0.25, 0.3) is 0 Å². The first-order chi connectivity index (χ1) is 10.1. The van der Waals surface area contributed by atoms with E-state index in [0.717, 1.165) is 12.5 Å². The lowest BCUT2D eigenvalue weighted by Gasteiger charge is -2.27. The van der Waals surface area contributed by atoms with Gasteiger partial charge in [-0.25, -0.2) is 0 Å². The van der Waals surface area contributed by atoms with Gasteiger partial charge in [0.2, 0.25) is 0 Å². The number of anilines is 1. The molecule has 0 aromatic heterocycles. The lowest BCUT2D eigenvalue weighted by molar-refractivity contribution is -0.0494. The minimum Gasteiger partial charge on any atom is -0.497 e. The van der Waals surface area contributed by atoms with Crippen LogP contribution in [0.15, 0.2) is 18.2 Å². The van der Waals surface area contributed by atoms with Crippen molar-refractivity contribution in [2.24, 2.45) is 11.8 Å². The van der Waals surface area contributed by atoms with Crippen LogP contribution in [0.1, 0.15) is 32.6 Å². The van der Waals surface area contributed by atoms with Crippen molar-refractivity contribution in [1.29, 1.82) is 0 Å². The molecule has 2 atom stereocenters. The molecule has 1 aliphatic carbocycles. The number of benzene rings is 1. The largest absolute Gasteiger partial charge is 0.497 e. The summed E-state index contributed by atoms with van der Waals surface area (Å²) in [7, 11) is 1.55. The number of hydrogen-bond acceptors (Lipinski definition) is 3. The zero-order valence-electron chi connectivity index (χ0n) is 12.6. The SMILES string of the molecule is COc1ccc(OC(F)F)c(NCC2CCCC(C)C2)c1. The molecule has 0 radical (unpaired) electrons. The molecule has 0 amide bonds. The molecule has 2 rings (SSSR count). The van der Waals surface area contributed by atoms with Gasteiger partial charge in [-0.3, -0.25) is 0 Å². The molecule has 0 heterocycles. The van der Waals surface area contributed by atoms with Crippen molar-refractivity contribution in [3.8, 4) is 11.5 Å². The maximum absolute atomic E-state index is 12.4. The predicted molar refractivity (Wildman–Crippen MR) is 79.2 cm³/mol. The Balaban J connectivity index is 2.02. The van der Waals surface area contributed by atoms with E-state index < -0.39 is 6.61 Å². The second-order valence-electron chi connectivity index (χ2n) is 5.76. The molecule has 1 N–H and O–H groups in total. The average molecular weight is 299 g/mol. The van der Waals surface area contributed by atoms with Gasteiger partial charge in [-0.1, -0.05) is 19.8 Å². The Hall–Kier alpha value is -1.52. The summed E-state index contributed by atoms with van der Waals surface area (Å²) in [5, 5.41) is 3.25. The molecule has 3 nitrogen and oxygen atoms in total. The molecule has 0 aliphatic heterocycles. The molecule has 1 saturated carbocycles. The van der Waals surface area contributed by atoms with Gasteiger partial charge in [-0.05, 0) is 36.8 Å². The van der Waals surface area contributed by atoms with Crippen LogP contribution in [-0.4, -0.2) is 20.3 Å². The van der Waals surface area contributed by atoms with E-state index in [1.807, 2.05) is 0 Å². The van der Waals surface area contributed by atoms with E-state index in [1.165, 1.54) is 31.7 Å². The van der Waals surface area contributed by atoms with Crippen molar-refractivity contribution in [1.82, 2.24) is 0 Å². The minimum atomic E-state index is -2.83. The van der Waals surface area contributed by atoms with Crippen molar-refractivity contribution < 1.29 is 18.3 Å². The number of alkyl halides is 2. The van der Waals surface area contributed by atoms with Gasteiger partial charge < -0.3 is 14.8 Å². The number of rotatable bonds is 6. The molecular weight excluding hydrogens is 276 g/mol. The standard InChI is InChI=1S/C16H23F2NO2/c1-11-4-3-5-12(8-11)10-19-14-9-13(20-2)6-7-15(14)21-16(17)18/h6-7,9,11-12,16,19H,3-5,8,10H2,1-2H3. The van der Waals surface area contributed by atoms with E-state index in [4.69, 9.17) is 4.74 Å². The Labute approximate surface area is 124 Å². The topological polar surface area (TPSA) is 30.5 Å². The van der Waals surface area contributed by atoms with Crippen LogP contribution in [0.4, 0.5) is 14.5 Å². The third-order valence-corrected chi connectivity index (χ3v) is 4.03. The van der Waals surface area contributed by atoms with Crippen LogP contribution >= 0.6 is 0 Å². The lowest BCUT2D eigenvalue weighted by Crippen LogP contribution is -2.21. The van der Waals surface area contributed by atoms with Gasteiger partial charge >= 0.3 is 6.61 Å². The summed E-state index contributed by atoms with van der Waals surface area (Å²) in [6.07, 6.45) is 4.90. The summed E-state index contributed by atoms with van der Waals surface area (Å²) in [6.45, 7) is 0.216. The highest BCUT2D eigenvalue weighted by molar-refractivity contribution is 5.59. The second kappa shape index (κ2) is 7.48. The number of halogens is 2. The Kier molecular flexibility index (Phi) is 5.65. The molecule has 1 aromatic carbocycles. The minimum absolute atomic E-state index is 0.162. The fourth-order valence-corrected chi connectivity index (χ4v) is 2.97. The van der Waals surface area contributed by atoms with Crippen LogP contribution in [0, 0.1) is 11.8 Å². The Morgan fingerprint density at radius 1 is 1.33 bits per heavy atom. The lowest BCUT2D eigenvalue weighted by atomic mass is 9.82. The molecule has 5 heteroatoms. The van der Waals surface area contributed by atoms with Gasteiger partial charge in [0, 0.05) is 12.6 Å². The highest BCUT2D eigenvalue weighted by Crippen LogP contribution is 2.33. The highest BCUT2D eigenvalue weighted by Gasteiger charge is 2.19. The van der Waals surface area contributed by atoms with E-state index in [2.05, 4.69) is 17.0 Å². The van der Waals surface area contributed by atoms with Crippen LogP contribution in [-0.2, 0) is 0 Å². The Morgan fingerprint density at radius 2 is 2.14 bits per heavy atom. The van der Waals surface area contributed by atoms with E-state index >= 15 is 0 Å². The van der Waals surface area contributed by atoms with E-state index in [9.17, 15) is 8.78 Å². The van der Waals surface area contributed by atoms with Gasteiger partial charge in [-0.15, -0.1) is 0 Å². The highest BCUT2D eigenvalue weighted by atomic mass is 19.3. The molecule has 21 heavy (non-hydrogen) atoms. The summed E-state index contributed by atoms with van der Waals surface area (Å²) < 4.78 is 34.6. The quantitative estimate of drug-likeness (QED) is 0.837. The molecule has 1 aliphatic rings. The second-order valence-corrected chi connectivity index (χ2v) is 5.76. The first kappa shape index (κ1) is 15.9. The van der Waals surface area contributed by atoms with Crippen molar-refractivity contribution >= 4 is 5.69 Å². The summed E-state index contributed by atoms with van der Waals surface area (Å²) in [6, 6.07) is 4.83. The summed E-state index contributed by atoms with van der Waals surface area (Å²) in [4.78, 5) is 0. The smallest absolute Gasteiger partial charge is 0.387 e. The monoisotopic (exact) mass is 299 g/mol. The third kappa shape index (κ3) is 4.76. The Morgan fingerprint density at radius 3 is 2.81 bits per heavy atom. The third-order valence-electron chi connectivity index (χ3n) is 4.03. The molecule has 0 saturated heterocycles. The fraction of sp³-hybridized carbons (Fsp3) is 0.625. The maximum atomic E-state index is 12.4. The van der Waals surface area contributed by atoms with Gasteiger partial charge in [0.1, 0.15) is 11.5 Å². The fourth-order valence-electron chi connectivity index (χ4n) is 2.97. The number of nitrogens with one attached hydrogen (secondary N) is 1. The van der Waals surface area contributed by atoms with Crippen LogP contribution in [0.2, 0.25) is 0 Å². The number of methoxy groups -OCH3 is 1. The van der Waals surface area contributed by atoms with Crippen molar-refractivity contribution in [2.45, 2.75) is 39.2 Å². The van der Waals surface area contributed by atoms with Gasteiger partial charge in [0.05, 0.1) is 12.8 Å². The van der Waals surface area contributed by atoms with E-state index in [1.54, 1.807) is 19.2 Å². The summed E-state index contributed by atoms with van der Waals surface area (Å²) in [5.41, 5.74) is 0.563. The summed E-state index contributed by atoms with van der Waals surface area (Å²) >= 11 is 0. The van der Waals surface area contributed by atoms with Crippen molar-refractivity contribution in [2.75, 3.05) is 19.0 Å². The van der Waals surface area contributed by atoms with E-state index in [-0.39, 0.29) is 5.75 Å². The van der Waals surface area contributed by atoms with Crippen LogP contribution in [0.5, 0.6) is 11.5 Å². The number of ether oxygens (including phenoxy) is 2. The zero-order valence-corrected chi connectivity index (χ0v) is 12.6. The first-order valence-electron chi connectivity index (χ1n) is 7.45. The molecule has 1 aromatic rings. The normalized spacial score (nSPS) is 22.1. The summed E-state index contributed by atoms with van der Waals surface area (Å²) in [5.74, 6) is 2.11. The molecular formula is C16H23F2NO2. The molecule has 1 fully saturated rings. The molecule has 0 bridgehead atoms. The molecule has 0 spiro atoms. The average Bonchev–Trinajstić information content (AvgIpc) is 2.46. The molecule has 2 unspecified atom stereocenters. The van der Waals surface area contributed by atoms with Gasteiger partial charge in [0.25, 0.3) is 0 Å². The number of hydrogen-bond donors (Lipinski definition) is 1. The first-order valence-corrected chi connectivity index (χ1v) is 7.45. The van der Waals surface area contributed by atoms with Crippen LogP contribution in [0.3, 0.4) is 0 Å². The predicted octanol–water partition coefficient (Wildman–Crippen LogP) is 4.53. The Bertz CT molecular complexity index is 454. The van der Waals surface area contributed by atoms with Crippen molar-refractivity contribution in [3.05, 3.63) is 18.2 Å². The molecule has 118 valence electrons. The van der Waals surface area contributed by atoms with E-state index in [0.29, 0.717) is 17.4 Å². The van der Waals surface area contributed by atoms with Crippen LogP contribution < -0.4 is 14.8 Å². The van der Waals surface area contributed by atoms with Gasteiger partial charge in [0.15, 0.2) is 0 Å².